The van der Waals surface area contributed by atoms with Crippen molar-refractivity contribution < 1.29 is 14.3 Å². The van der Waals surface area contributed by atoms with E-state index < -0.39 is 11.4 Å². The van der Waals surface area contributed by atoms with Gasteiger partial charge in [0.05, 0.1) is 12.7 Å². The van der Waals surface area contributed by atoms with Gasteiger partial charge in [-0.2, -0.15) is 5.26 Å². The predicted octanol–water partition coefficient (Wildman–Crippen LogP) is 3.60. The van der Waals surface area contributed by atoms with Crippen LogP contribution in [-0.4, -0.2) is 18.4 Å². The highest BCUT2D eigenvalue weighted by Gasteiger charge is 2.44. The number of rotatable bonds is 7. The largest absolute Gasteiger partial charge is 0.465 e. The van der Waals surface area contributed by atoms with Crippen LogP contribution in [0.25, 0.3) is 0 Å². The minimum absolute atomic E-state index is 0.135. The van der Waals surface area contributed by atoms with E-state index in [-0.39, 0.29) is 25.2 Å². The number of Topliss-reactive ketones (excluding diaryl/α,β-unsaturated/α-hetero) is 1. The topological polar surface area (TPSA) is 67.2 Å². The summed E-state index contributed by atoms with van der Waals surface area (Å²) in [6, 6.07) is 9.30. The lowest BCUT2D eigenvalue weighted by Crippen LogP contribution is -2.41. The molecule has 0 N–H and O–H groups in total. The van der Waals surface area contributed by atoms with Gasteiger partial charge >= 0.3 is 5.97 Å². The second-order valence-electron chi connectivity index (χ2n) is 4.86. The van der Waals surface area contributed by atoms with E-state index in [1.54, 1.807) is 6.92 Å². The first-order chi connectivity index (χ1) is 10.5. The zero-order chi connectivity index (χ0) is 16.6. The van der Waals surface area contributed by atoms with Crippen LogP contribution in [0.1, 0.15) is 25.8 Å². The molecule has 0 heterocycles. The summed E-state index contributed by atoms with van der Waals surface area (Å²) in [6.45, 7) is 3.28. The molecular formula is C17H18BrNO3. The van der Waals surface area contributed by atoms with Crippen LogP contribution in [0.3, 0.4) is 0 Å². The molecule has 0 aromatic heterocycles. The first kappa shape index (κ1) is 18.1. The third-order valence-corrected chi connectivity index (χ3v) is 4.22. The smallest absolute Gasteiger partial charge is 0.320 e. The summed E-state index contributed by atoms with van der Waals surface area (Å²) in [7, 11) is 0. The van der Waals surface area contributed by atoms with E-state index in [0.29, 0.717) is 0 Å². The molecule has 0 saturated carbocycles. The zero-order valence-electron chi connectivity index (χ0n) is 12.6. The molecule has 0 spiro atoms. The van der Waals surface area contributed by atoms with Crippen molar-refractivity contribution in [1.29, 1.82) is 5.26 Å². The van der Waals surface area contributed by atoms with Crippen molar-refractivity contribution in [2.24, 2.45) is 5.41 Å². The molecule has 0 fully saturated rings. The van der Waals surface area contributed by atoms with E-state index in [2.05, 4.69) is 15.9 Å². The number of halogens is 1. The average Bonchev–Trinajstić information content (AvgIpc) is 2.48. The average molecular weight is 364 g/mol. The first-order valence-corrected chi connectivity index (χ1v) is 7.73. The lowest BCUT2D eigenvalue weighted by molar-refractivity contribution is -0.159. The van der Waals surface area contributed by atoms with E-state index in [1.807, 2.05) is 30.3 Å². The normalized spacial score (nSPS) is 13.4. The first-order valence-electron chi connectivity index (χ1n) is 6.94. The number of ketones is 1. The summed E-state index contributed by atoms with van der Waals surface area (Å²) in [5.74, 6) is -0.829. The van der Waals surface area contributed by atoms with Crippen LogP contribution in [-0.2, 0) is 20.7 Å². The minimum Gasteiger partial charge on any atom is -0.465 e. The highest BCUT2D eigenvalue weighted by molar-refractivity contribution is 9.10. The lowest BCUT2D eigenvalue weighted by Gasteiger charge is -2.28. The Balaban J connectivity index is 3.26. The van der Waals surface area contributed by atoms with E-state index >= 15 is 0 Å². The molecule has 5 heteroatoms. The zero-order valence-corrected chi connectivity index (χ0v) is 14.2. The number of allylic oxidation sites excluding steroid dienone is 2. The molecule has 0 saturated heterocycles. The Kier molecular flexibility index (Phi) is 7.00. The molecule has 1 atom stereocenters. The molecule has 0 amide bonds. The van der Waals surface area contributed by atoms with Gasteiger partial charge in [0, 0.05) is 10.5 Å². The highest BCUT2D eigenvalue weighted by atomic mass is 79.9. The molecule has 1 rings (SSSR count). The Labute approximate surface area is 138 Å². The van der Waals surface area contributed by atoms with Gasteiger partial charge in [0.15, 0.2) is 0 Å². The molecule has 22 heavy (non-hydrogen) atoms. The second kappa shape index (κ2) is 8.50. The van der Waals surface area contributed by atoms with Crippen LogP contribution in [0, 0.1) is 16.7 Å². The van der Waals surface area contributed by atoms with E-state index in [1.165, 1.54) is 19.1 Å². The van der Waals surface area contributed by atoms with Crippen LogP contribution < -0.4 is 0 Å². The van der Waals surface area contributed by atoms with Crippen molar-refractivity contribution in [1.82, 2.24) is 0 Å². The van der Waals surface area contributed by atoms with Crippen molar-refractivity contribution in [3.8, 4) is 6.07 Å². The number of nitriles is 1. The summed E-state index contributed by atoms with van der Waals surface area (Å²) in [5.41, 5.74) is -0.469. The number of nitrogens with zero attached hydrogens (tertiary/aromatic N) is 1. The van der Waals surface area contributed by atoms with Crippen LogP contribution in [0.15, 0.2) is 40.9 Å². The molecule has 0 aliphatic rings. The number of hydrogen-bond donors (Lipinski definition) is 0. The van der Waals surface area contributed by atoms with Crippen LogP contribution in [0.2, 0.25) is 0 Å². The fourth-order valence-corrected chi connectivity index (χ4v) is 2.61. The minimum atomic E-state index is -1.31. The maximum Gasteiger partial charge on any atom is 0.320 e. The Hall–Kier alpha value is -1.93. The fourth-order valence-electron chi connectivity index (χ4n) is 2.19. The van der Waals surface area contributed by atoms with Gasteiger partial charge in [-0.15, -0.1) is 0 Å². The molecule has 1 unspecified atom stereocenters. The summed E-state index contributed by atoms with van der Waals surface area (Å²) >= 11 is 3.43. The number of carbonyl (C=O) groups is 2. The van der Waals surface area contributed by atoms with Crippen LogP contribution >= 0.6 is 15.9 Å². The summed E-state index contributed by atoms with van der Waals surface area (Å²) < 4.78 is 5.95. The summed E-state index contributed by atoms with van der Waals surface area (Å²) in [5, 5.41) is 8.63. The van der Waals surface area contributed by atoms with Gasteiger partial charge in [0.2, 0.25) is 0 Å². The molecule has 1 aromatic rings. The second-order valence-corrected chi connectivity index (χ2v) is 5.72. The summed E-state index contributed by atoms with van der Waals surface area (Å²) in [6.07, 6.45) is 3.17. The number of carbonyl (C=O) groups excluding carboxylic acids is 2. The molecular weight excluding hydrogens is 346 g/mol. The molecule has 0 aliphatic heterocycles. The van der Waals surface area contributed by atoms with Gasteiger partial charge in [-0.05, 0) is 38.3 Å². The maximum atomic E-state index is 12.4. The Morgan fingerprint density at radius 3 is 2.64 bits per heavy atom. The number of hydrogen-bond acceptors (Lipinski definition) is 4. The van der Waals surface area contributed by atoms with Gasteiger partial charge in [0.25, 0.3) is 0 Å². The lowest BCUT2D eigenvalue weighted by atomic mass is 9.75. The van der Waals surface area contributed by atoms with Gasteiger partial charge < -0.3 is 4.74 Å². The third kappa shape index (κ3) is 4.28. The van der Waals surface area contributed by atoms with Gasteiger partial charge in [-0.3, -0.25) is 9.59 Å². The van der Waals surface area contributed by atoms with Crippen molar-refractivity contribution in [2.45, 2.75) is 26.7 Å². The van der Waals surface area contributed by atoms with Gasteiger partial charge in [-0.25, -0.2) is 0 Å². The number of ether oxygens (including phenoxy) is 1. The Morgan fingerprint density at radius 1 is 1.41 bits per heavy atom. The molecule has 1 aromatic carbocycles. The van der Waals surface area contributed by atoms with Crippen molar-refractivity contribution in [3.63, 3.8) is 0 Å². The molecule has 116 valence electrons. The standard InChI is InChI=1S/C17H18BrNO3/c1-3-22-16(21)17(13(2)20,10-6-7-11-19)12-14-8-4-5-9-15(14)18/h4-9H,3,10,12H2,1-2H3/b7-6-. The van der Waals surface area contributed by atoms with Gasteiger partial charge in [-0.1, -0.05) is 40.2 Å². The van der Waals surface area contributed by atoms with Crippen LogP contribution in [0.5, 0.6) is 0 Å². The SMILES string of the molecule is CCOC(=O)C(C/C=C\C#N)(Cc1ccccc1Br)C(C)=O. The predicted molar refractivity (Wildman–Crippen MR) is 87.0 cm³/mol. The molecule has 0 radical (unpaired) electrons. The van der Waals surface area contributed by atoms with E-state index in [9.17, 15) is 9.59 Å². The molecule has 0 aliphatic carbocycles. The molecule has 4 nitrogen and oxygen atoms in total. The number of benzene rings is 1. The Morgan fingerprint density at radius 2 is 2.09 bits per heavy atom. The Bertz CT molecular complexity index is 619. The highest BCUT2D eigenvalue weighted by Crippen LogP contribution is 2.33. The van der Waals surface area contributed by atoms with Crippen molar-refractivity contribution in [3.05, 3.63) is 46.5 Å². The maximum absolute atomic E-state index is 12.4. The quantitative estimate of drug-likeness (QED) is 0.421. The third-order valence-electron chi connectivity index (χ3n) is 3.45. The monoisotopic (exact) mass is 363 g/mol. The summed E-state index contributed by atoms with van der Waals surface area (Å²) in [4.78, 5) is 24.7. The van der Waals surface area contributed by atoms with Crippen LogP contribution in [0.4, 0.5) is 0 Å². The van der Waals surface area contributed by atoms with Gasteiger partial charge in [0.1, 0.15) is 11.2 Å². The van der Waals surface area contributed by atoms with E-state index in [0.717, 1.165) is 10.0 Å². The van der Waals surface area contributed by atoms with E-state index in [4.69, 9.17) is 10.00 Å². The number of esters is 1. The fraction of sp³-hybridized carbons (Fsp3) is 0.353. The van der Waals surface area contributed by atoms with Crippen molar-refractivity contribution >= 4 is 27.7 Å². The van der Waals surface area contributed by atoms with Crippen molar-refractivity contribution in [2.75, 3.05) is 6.61 Å². The molecule has 0 bridgehead atoms.